The molecule has 4 nitrogen and oxygen atoms in total. The van der Waals surface area contributed by atoms with Gasteiger partial charge in [-0.05, 0) is 37.3 Å². The number of methoxy groups -OCH3 is 1. The van der Waals surface area contributed by atoms with Crippen LogP contribution in [0.4, 0.5) is 11.4 Å². The van der Waals surface area contributed by atoms with Gasteiger partial charge >= 0.3 is 0 Å². The number of nitrogens with one attached hydrogen (secondary N) is 2. The summed E-state index contributed by atoms with van der Waals surface area (Å²) in [6.45, 7) is 2.04. The Morgan fingerprint density at radius 3 is 2.40 bits per heavy atom. The molecule has 0 aliphatic heterocycles. The molecule has 4 heteroatoms. The van der Waals surface area contributed by atoms with Crippen molar-refractivity contribution in [2.24, 2.45) is 0 Å². The Bertz CT molecular complexity index is 606. The zero-order valence-electron chi connectivity index (χ0n) is 11.9. The zero-order chi connectivity index (χ0) is 14.5. The van der Waals surface area contributed by atoms with Crippen molar-refractivity contribution in [3.63, 3.8) is 0 Å². The molecule has 1 amide bonds. The molecule has 20 heavy (non-hydrogen) atoms. The third-order valence-electron chi connectivity index (χ3n) is 3.02. The second-order valence-corrected chi connectivity index (χ2v) is 4.49. The molecule has 0 atom stereocenters. The minimum atomic E-state index is -0.125. The molecule has 2 N–H and O–H groups in total. The van der Waals surface area contributed by atoms with Crippen molar-refractivity contribution in [3.8, 4) is 5.75 Å². The molecule has 0 heterocycles. The summed E-state index contributed by atoms with van der Waals surface area (Å²) in [5.41, 5.74) is 3.49. The van der Waals surface area contributed by atoms with E-state index in [1.807, 2.05) is 31.2 Å². The smallest absolute Gasteiger partial charge is 0.251 e. The molecule has 0 saturated carbocycles. The highest BCUT2D eigenvalue weighted by molar-refractivity contribution is 5.95. The second-order valence-electron chi connectivity index (χ2n) is 4.49. The Labute approximate surface area is 118 Å². The van der Waals surface area contributed by atoms with Gasteiger partial charge in [0.25, 0.3) is 5.91 Å². The van der Waals surface area contributed by atoms with Crippen LogP contribution in [-0.4, -0.2) is 20.1 Å². The van der Waals surface area contributed by atoms with Crippen molar-refractivity contribution in [2.45, 2.75) is 6.92 Å². The number of benzene rings is 2. The van der Waals surface area contributed by atoms with Gasteiger partial charge in [-0.1, -0.05) is 17.7 Å². The Morgan fingerprint density at radius 2 is 1.80 bits per heavy atom. The first-order valence-electron chi connectivity index (χ1n) is 6.38. The van der Waals surface area contributed by atoms with Gasteiger partial charge in [0, 0.05) is 18.3 Å². The fourth-order valence-electron chi connectivity index (χ4n) is 1.88. The summed E-state index contributed by atoms with van der Waals surface area (Å²) in [5, 5.41) is 5.87. The van der Waals surface area contributed by atoms with Crippen LogP contribution in [0.15, 0.2) is 42.5 Å². The number of ether oxygens (including phenoxy) is 1. The molecular formula is C16H18N2O2. The van der Waals surface area contributed by atoms with Crippen LogP contribution in [0.25, 0.3) is 0 Å². The lowest BCUT2D eigenvalue weighted by molar-refractivity contribution is 0.0963. The van der Waals surface area contributed by atoms with Gasteiger partial charge in [0.2, 0.25) is 0 Å². The van der Waals surface area contributed by atoms with Crippen molar-refractivity contribution in [1.82, 2.24) is 5.32 Å². The molecule has 0 aliphatic rings. The SMILES string of the molecule is CNC(=O)c1ccc(OC)c(Nc2ccc(C)cc2)c1. The lowest BCUT2D eigenvalue weighted by Gasteiger charge is -2.13. The first-order chi connectivity index (χ1) is 9.63. The molecule has 0 radical (unpaired) electrons. The number of aryl methyl sites for hydroxylation is 1. The number of amides is 1. The molecule has 0 unspecified atom stereocenters. The van der Waals surface area contributed by atoms with E-state index in [4.69, 9.17) is 4.74 Å². The van der Waals surface area contributed by atoms with Gasteiger partial charge in [-0.3, -0.25) is 4.79 Å². The maximum Gasteiger partial charge on any atom is 0.251 e. The molecule has 2 rings (SSSR count). The number of hydrogen-bond donors (Lipinski definition) is 2. The summed E-state index contributed by atoms with van der Waals surface area (Å²) in [6, 6.07) is 13.3. The molecule has 104 valence electrons. The predicted molar refractivity (Wildman–Crippen MR) is 80.8 cm³/mol. The number of anilines is 2. The minimum absolute atomic E-state index is 0.125. The number of carbonyl (C=O) groups excluding carboxylic acids is 1. The number of carbonyl (C=O) groups is 1. The van der Waals surface area contributed by atoms with Gasteiger partial charge in [0.05, 0.1) is 12.8 Å². The molecule has 0 aromatic heterocycles. The van der Waals surface area contributed by atoms with E-state index in [0.717, 1.165) is 11.4 Å². The second kappa shape index (κ2) is 6.10. The first kappa shape index (κ1) is 13.9. The third-order valence-corrected chi connectivity index (χ3v) is 3.02. The lowest BCUT2D eigenvalue weighted by atomic mass is 10.1. The van der Waals surface area contributed by atoms with Gasteiger partial charge < -0.3 is 15.4 Å². The van der Waals surface area contributed by atoms with Gasteiger partial charge in [0.1, 0.15) is 5.75 Å². The van der Waals surface area contributed by atoms with E-state index in [9.17, 15) is 4.79 Å². The van der Waals surface area contributed by atoms with Crippen molar-refractivity contribution in [3.05, 3.63) is 53.6 Å². The third kappa shape index (κ3) is 3.09. The first-order valence-corrected chi connectivity index (χ1v) is 6.38. The lowest BCUT2D eigenvalue weighted by Crippen LogP contribution is -2.17. The summed E-state index contributed by atoms with van der Waals surface area (Å²) in [5.74, 6) is 0.567. The number of rotatable bonds is 4. The van der Waals surface area contributed by atoms with Crippen molar-refractivity contribution >= 4 is 17.3 Å². The Morgan fingerprint density at radius 1 is 1.10 bits per heavy atom. The summed E-state index contributed by atoms with van der Waals surface area (Å²) in [4.78, 5) is 11.7. The van der Waals surface area contributed by atoms with E-state index in [1.165, 1.54) is 5.56 Å². The Hall–Kier alpha value is -2.49. The van der Waals surface area contributed by atoms with Crippen LogP contribution in [0.3, 0.4) is 0 Å². The van der Waals surface area contributed by atoms with E-state index in [2.05, 4.69) is 10.6 Å². The molecule has 2 aromatic rings. The fraction of sp³-hybridized carbons (Fsp3) is 0.188. The van der Waals surface area contributed by atoms with E-state index in [1.54, 1.807) is 32.4 Å². The molecule has 2 aromatic carbocycles. The van der Waals surface area contributed by atoms with Crippen LogP contribution >= 0.6 is 0 Å². The summed E-state index contributed by atoms with van der Waals surface area (Å²) >= 11 is 0. The highest BCUT2D eigenvalue weighted by Gasteiger charge is 2.09. The highest BCUT2D eigenvalue weighted by atomic mass is 16.5. The normalized spacial score (nSPS) is 9.95. The molecule has 0 bridgehead atoms. The molecule has 0 fully saturated rings. The van der Waals surface area contributed by atoms with Crippen LogP contribution in [0, 0.1) is 6.92 Å². The maximum atomic E-state index is 11.7. The van der Waals surface area contributed by atoms with E-state index in [0.29, 0.717) is 11.3 Å². The van der Waals surface area contributed by atoms with Gasteiger partial charge in [-0.2, -0.15) is 0 Å². The highest BCUT2D eigenvalue weighted by Crippen LogP contribution is 2.28. The monoisotopic (exact) mass is 270 g/mol. The van der Waals surface area contributed by atoms with Crippen LogP contribution in [0.5, 0.6) is 5.75 Å². The van der Waals surface area contributed by atoms with E-state index < -0.39 is 0 Å². The molecule has 0 spiro atoms. The molecular weight excluding hydrogens is 252 g/mol. The maximum absolute atomic E-state index is 11.7. The van der Waals surface area contributed by atoms with Gasteiger partial charge in [-0.25, -0.2) is 0 Å². The van der Waals surface area contributed by atoms with Crippen LogP contribution in [-0.2, 0) is 0 Å². The molecule has 0 aliphatic carbocycles. The molecule has 0 saturated heterocycles. The largest absolute Gasteiger partial charge is 0.495 e. The summed E-state index contributed by atoms with van der Waals surface area (Å²) in [7, 11) is 3.22. The summed E-state index contributed by atoms with van der Waals surface area (Å²) < 4.78 is 5.32. The quantitative estimate of drug-likeness (QED) is 0.897. The summed E-state index contributed by atoms with van der Waals surface area (Å²) in [6.07, 6.45) is 0. The van der Waals surface area contributed by atoms with Gasteiger partial charge in [0.15, 0.2) is 0 Å². The topological polar surface area (TPSA) is 50.4 Å². The van der Waals surface area contributed by atoms with Crippen molar-refractivity contribution in [2.75, 3.05) is 19.5 Å². The average Bonchev–Trinajstić information content (AvgIpc) is 2.48. The average molecular weight is 270 g/mol. The minimum Gasteiger partial charge on any atom is -0.495 e. The van der Waals surface area contributed by atoms with E-state index >= 15 is 0 Å². The standard InChI is InChI=1S/C16H18N2O2/c1-11-4-7-13(8-5-11)18-14-10-12(16(19)17-2)6-9-15(14)20-3/h4-10,18H,1-3H3,(H,17,19). The Kier molecular flexibility index (Phi) is 4.25. The predicted octanol–water partition coefficient (Wildman–Crippen LogP) is 3.11. The Balaban J connectivity index is 2.33. The fourth-order valence-corrected chi connectivity index (χ4v) is 1.88. The number of hydrogen-bond acceptors (Lipinski definition) is 3. The van der Waals surface area contributed by atoms with Crippen LogP contribution in [0.2, 0.25) is 0 Å². The van der Waals surface area contributed by atoms with Gasteiger partial charge in [-0.15, -0.1) is 0 Å². The van der Waals surface area contributed by atoms with Crippen molar-refractivity contribution in [1.29, 1.82) is 0 Å². The van der Waals surface area contributed by atoms with Crippen molar-refractivity contribution < 1.29 is 9.53 Å². The van der Waals surface area contributed by atoms with E-state index in [-0.39, 0.29) is 5.91 Å². The zero-order valence-corrected chi connectivity index (χ0v) is 11.9. The van der Waals surface area contributed by atoms with Crippen LogP contribution in [0.1, 0.15) is 15.9 Å². The van der Waals surface area contributed by atoms with Crippen LogP contribution < -0.4 is 15.4 Å².